The van der Waals surface area contributed by atoms with Crippen LogP contribution in [0.1, 0.15) is 25.7 Å². The van der Waals surface area contributed by atoms with Gasteiger partial charge in [-0.3, -0.25) is 0 Å². The molecule has 0 spiro atoms. The van der Waals surface area contributed by atoms with E-state index in [1.54, 1.807) is 0 Å². The Hall–Kier alpha value is 0.400. The second kappa shape index (κ2) is 4.07. The summed E-state index contributed by atoms with van der Waals surface area (Å²) in [6, 6.07) is 0. The maximum atomic E-state index is 5.87. The lowest BCUT2D eigenvalue weighted by Crippen LogP contribution is -2.42. The minimum Gasteiger partial charge on any atom is -0.376 e. The van der Waals surface area contributed by atoms with E-state index in [1.165, 1.54) is 25.7 Å². The van der Waals surface area contributed by atoms with Gasteiger partial charge in [0.15, 0.2) is 0 Å². The summed E-state index contributed by atoms with van der Waals surface area (Å²) in [4.78, 5) is 0.576. The first kappa shape index (κ1) is 8.97. The largest absolute Gasteiger partial charge is 0.376 e. The van der Waals surface area contributed by atoms with Crippen molar-refractivity contribution in [1.29, 1.82) is 0 Å². The Morgan fingerprint density at radius 1 is 1.17 bits per heavy atom. The van der Waals surface area contributed by atoms with E-state index in [0.29, 0.717) is 17.0 Å². The molecular formula is C9H15BrO2. The van der Waals surface area contributed by atoms with E-state index in [9.17, 15) is 0 Å². The molecule has 0 aromatic heterocycles. The van der Waals surface area contributed by atoms with Crippen LogP contribution < -0.4 is 0 Å². The molecule has 0 N–H and O–H groups in total. The Morgan fingerprint density at radius 3 is 2.50 bits per heavy atom. The fourth-order valence-electron chi connectivity index (χ4n) is 1.74. The molecule has 0 aromatic carbocycles. The molecule has 1 saturated carbocycles. The molecule has 1 saturated heterocycles. The molecule has 0 radical (unpaired) electrons. The van der Waals surface area contributed by atoms with E-state index >= 15 is 0 Å². The Bertz CT molecular complexity index is 147. The van der Waals surface area contributed by atoms with Gasteiger partial charge in [-0.15, -0.1) is 0 Å². The number of rotatable bonds is 2. The maximum Gasteiger partial charge on any atom is 0.105 e. The van der Waals surface area contributed by atoms with Crippen molar-refractivity contribution in [3.8, 4) is 0 Å². The van der Waals surface area contributed by atoms with Gasteiger partial charge >= 0.3 is 0 Å². The average molecular weight is 235 g/mol. The molecule has 2 nitrogen and oxygen atoms in total. The van der Waals surface area contributed by atoms with Crippen LogP contribution in [0.3, 0.4) is 0 Å². The van der Waals surface area contributed by atoms with Crippen molar-refractivity contribution >= 4 is 15.9 Å². The highest BCUT2D eigenvalue weighted by atomic mass is 79.9. The van der Waals surface area contributed by atoms with Crippen LogP contribution >= 0.6 is 15.9 Å². The SMILES string of the molecule is BrC1CCCCC1OC1COC1. The topological polar surface area (TPSA) is 18.5 Å². The third-order valence-corrected chi connectivity index (χ3v) is 3.64. The van der Waals surface area contributed by atoms with Crippen molar-refractivity contribution in [2.75, 3.05) is 13.2 Å². The molecule has 0 aromatic rings. The summed E-state index contributed by atoms with van der Waals surface area (Å²) in [5, 5.41) is 0. The van der Waals surface area contributed by atoms with Gasteiger partial charge in [-0.25, -0.2) is 0 Å². The first-order valence-electron chi connectivity index (χ1n) is 4.73. The smallest absolute Gasteiger partial charge is 0.105 e. The zero-order valence-electron chi connectivity index (χ0n) is 7.17. The molecule has 3 heteroatoms. The molecule has 70 valence electrons. The number of hydrogen-bond acceptors (Lipinski definition) is 2. The normalized spacial score (nSPS) is 37.8. The summed E-state index contributed by atoms with van der Waals surface area (Å²) in [5.41, 5.74) is 0. The van der Waals surface area contributed by atoms with Crippen molar-refractivity contribution < 1.29 is 9.47 Å². The fourth-order valence-corrected chi connectivity index (χ4v) is 2.46. The lowest BCUT2D eigenvalue weighted by atomic mass is 9.97. The van der Waals surface area contributed by atoms with E-state index < -0.39 is 0 Å². The van der Waals surface area contributed by atoms with Crippen LogP contribution in [0.2, 0.25) is 0 Å². The molecule has 2 rings (SSSR count). The van der Waals surface area contributed by atoms with E-state index in [4.69, 9.17) is 9.47 Å². The molecular weight excluding hydrogens is 220 g/mol. The lowest BCUT2D eigenvalue weighted by Gasteiger charge is -2.34. The summed E-state index contributed by atoms with van der Waals surface area (Å²) in [6.45, 7) is 1.60. The maximum absolute atomic E-state index is 5.87. The minimum atomic E-state index is 0.383. The predicted octanol–water partition coefficient (Wildman–Crippen LogP) is 2.11. The van der Waals surface area contributed by atoms with Crippen LogP contribution in [-0.4, -0.2) is 30.2 Å². The standard InChI is InChI=1S/C9H15BrO2/c10-8-3-1-2-4-9(8)12-7-5-11-6-7/h7-9H,1-6H2. The van der Waals surface area contributed by atoms with E-state index in [0.717, 1.165) is 13.2 Å². The molecule has 1 heterocycles. The Morgan fingerprint density at radius 2 is 1.92 bits per heavy atom. The second-order valence-electron chi connectivity index (χ2n) is 3.63. The van der Waals surface area contributed by atoms with E-state index in [2.05, 4.69) is 15.9 Å². The average Bonchev–Trinajstić information content (AvgIpc) is 2.00. The van der Waals surface area contributed by atoms with E-state index in [-0.39, 0.29) is 0 Å². The minimum absolute atomic E-state index is 0.383. The number of alkyl halides is 1. The van der Waals surface area contributed by atoms with Gasteiger partial charge < -0.3 is 9.47 Å². The van der Waals surface area contributed by atoms with Gasteiger partial charge in [0, 0.05) is 4.83 Å². The van der Waals surface area contributed by atoms with Crippen molar-refractivity contribution in [2.24, 2.45) is 0 Å². The summed E-state index contributed by atoms with van der Waals surface area (Å²) in [6.07, 6.45) is 5.96. The summed E-state index contributed by atoms with van der Waals surface area (Å²) >= 11 is 3.67. The summed E-state index contributed by atoms with van der Waals surface area (Å²) < 4.78 is 10.9. The van der Waals surface area contributed by atoms with Gasteiger partial charge in [0.25, 0.3) is 0 Å². The fraction of sp³-hybridized carbons (Fsp3) is 1.00. The van der Waals surface area contributed by atoms with Crippen LogP contribution in [0.4, 0.5) is 0 Å². The number of ether oxygens (including phenoxy) is 2. The van der Waals surface area contributed by atoms with Crippen molar-refractivity contribution in [3.05, 3.63) is 0 Å². The van der Waals surface area contributed by atoms with Gasteiger partial charge in [0.2, 0.25) is 0 Å². The molecule has 0 bridgehead atoms. The highest BCUT2D eigenvalue weighted by molar-refractivity contribution is 9.09. The molecule has 2 unspecified atom stereocenters. The molecule has 1 aliphatic carbocycles. The highest BCUT2D eigenvalue weighted by Crippen LogP contribution is 2.28. The van der Waals surface area contributed by atoms with Crippen molar-refractivity contribution in [1.82, 2.24) is 0 Å². The third-order valence-electron chi connectivity index (χ3n) is 2.60. The summed E-state index contributed by atoms with van der Waals surface area (Å²) in [7, 11) is 0. The molecule has 0 amide bonds. The van der Waals surface area contributed by atoms with Gasteiger partial charge in [-0.2, -0.15) is 0 Å². The predicted molar refractivity (Wildman–Crippen MR) is 50.7 cm³/mol. The first-order chi connectivity index (χ1) is 5.86. The Kier molecular flexibility index (Phi) is 3.05. The zero-order valence-corrected chi connectivity index (χ0v) is 8.76. The molecule has 2 aliphatic rings. The van der Waals surface area contributed by atoms with Crippen LogP contribution in [0.25, 0.3) is 0 Å². The van der Waals surface area contributed by atoms with Crippen molar-refractivity contribution in [3.63, 3.8) is 0 Å². The van der Waals surface area contributed by atoms with Crippen LogP contribution in [0, 0.1) is 0 Å². The van der Waals surface area contributed by atoms with Crippen LogP contribution in [0.15, 0.2) is 0 Å². The van der Waals surface area contributed by atoms with Crippen molar-refractivity contribution in [2.45, 2.75) is 42.7 Å². The molecule has 2 atom stereocenters. The van der Waals surface area contributed by atoms with E-state index in [1.807, 2.05) is 0 Å². The monoisotopic (exact) mass is 234 g/mol. The van der Waals surface area contributed by atoms with Crippen LogP contribution in [0.5, 0.6) is 0 Å². The summed E-state index contributed by atoms with van der Waals surface area (Å²) in [5.74, 6) is 0. The third kappa shape index (κ3) is 2.01. The number of halogens is 1. The first-order valence-corrected chi connectivity index (χ1v) is 5.65. The molecule has 1 aliphatic heterocycles. The quantitative estimate of drug-likeness (QED) is 0.682. The zero-order chi connectivity index (χ0) is 8.39. The highest BCUT2D eigenvalue weighted by Gasteiger charge is 2.29. The van der Waals surface area contributed by atoms with Crippen LogP contribution in [-0.2, 0) is 9.47 Å². The lowest BCUT2D eigenvalue weighted by molar-refractivity contribution is -0.157. The molecule has 12 heavy (non-hydrogen) atoms. The second-order valence-corrected chi connectivity index (χ2v) is 4.81. The number of hydrogen-bond donors (Lipinski definition) is 0. The van der Waals surface area contributed by atoms with Gasteiger partial charge in [-0.1, -0.05) is 28.8 Å². The van der Waals surface area contributed by atoms with Gasteiger partial charge in [0.05, 0.1) is 19.3 Å². The van der Waals surface area contributed by atoms with Gasteiger partial charge in [0.1, 0.15) is 6.10 Å². The molecule has 2 fully saturated rings. The Labute approximate surface area is 81.7 Å². The Balaban J connectivity index is 1.76. The van der Waals surface area contributed by atoms with Gasteiger partial charge in [-0.05, 0) is 12.8 Å².